The normalized spacial score (nSPS) is 16.2. The van der Waals surface area contributed by atoms with Crippen LogP contribution in [0, 0.1) is 0 Å². The lowest BCUT2D eigenvalue weighted by molar-refractivity contribution is 0.104. The van der Waals surface area contributed by atoms with Gasteiger partial charge in [0, 0.05) is 23.1 Å². The molecular formula is C20H21NO5S. The van der Waals surface area contributed by atoms with E-state index >= 15 is 0 Å². The Balaban J connectivity index is 1.85. The average molecular weight is 387 g/mol. The topological polar surface area (TPSA) is 95.7 Å². The Morgan fingerprint density at radius 3 is 2.63 bits per heavy atom. The van der Waals surface area contributed by atoms with Gasteiger partial charge in [-0.05, 0) is 62.4 Å². The van der Waals surface area contributed by atoms with Gasteiger partial charge in [0.2, 0.25) is 10.0 Å². The third-order valence-electron chi connectivity index (χ3n) is 4.21. The lowest BCUT2D eigenvalue weighted by Gasteiger charge is -2.10. The van der Waals surface area contributed by atoms with E-state index in [1.165, 1.54) is 30.3 Å². The number of benzene rings is 2. The molecule has 0 aromatic heterocycles. The first kappa shape index (κ1) is 19.1. The number of carbonyl (C=O) groups excluding carboxylic acids is 1. The fraction of sp³-hybridized carbons (Fsp3) is 0.250. The van der Waals surface area contributed by atoms with Crippen molar-refractivity contribution in [2.75, 3.05) is 6.61 Å². The molecule has 1 aliphatic rings. The number of rotatable bonds is 6. The van der Waals surface area contributed by atoms with Gasteiger partial charge in [0.1, 0.15) is 17.6 Å². The first-order valence-electron chi connectivity index (χ1n) is 8.59. The summed E-state index contributed by atoms with van der Waals surface area (Å²) in [6, 6.07) is 9.32. The summed E-state index contributed by atoms with van der Waals surface area (Å²) in [5.74, 6) is 1.24. The van der Waals surface area contributed by atoms with Crippen LogP contribution in [0.3, 0.4) is 0 Å². The van der Waals surface area contributed by atoms with Gasteiger partial charge in [-0.25, -0.2) is 13.6 Å². The van der Waals surface area contributed by atoms with Gasteiger partial charge in [0.25, 0.3) is 0 Å². The zero-order valence-corrected chi connectivity index (χ0v) is 16.0. The molecule has 0 unspecified atom stereocenters. The number of hydrogen-bond acceptors (Lipinski definition) is 5. The van der Waals surface area contributed by atoms with Crippen molar-refractivity contribution in [1.29, 1.82) is 0 Å². The molecule has 0 amide bonds. The minimum atomic E-state index is -3.78. The molecule has 142 valence electrons. The Morgan fingerprint density at radius 2 is 2.00 bits per heavy atom. The molecule has 0 radical (unpaired) electrons. The molecule has 1 heterocycles. The Bertz CT molecular complexity index is 994. The second-order valence-electron chi connectivity index (χ2n) is 6.33. The largest absolute Gasteiger partial charge is 0.493 e. The fourth-order valence-corrected chi connectivity index (χ4v) is 3.45. The number of ether oxygens (including phenoxy) is 2. The van der Waals surface area contributed by atoms with Crippen LogP contribution in [0.25, 0.3) is 6.08 Å². The Kier molecular flexibility index (Phi) is 5.34. The van der Waals surface area contributed by atoms with E-state index in [-0.39, 0.29) is 16.8 Å². The van der Waals surface area contributed by atoms with E-state index in [9.17, 15) is 13.2 Å². The van der Waals surface area contributed by atoms with Gasteiger partial charge in [-0.2, -0.15) is 0 Å². The van der Waals surface area contributed by atoms with Crippen LogP contribution < -0.4 is 14.6 Å². The highest BCUT2D eigenvalue weighted by Gasteiger charge is 2.21. The number of fused-ring (bicyclic) bond motifs is 1. The molecule has 2 aromatic rings. The molecule has 0 fully saturated rings. The van der Waals surface area contributed by atoms with Crippen LogP contribution in [0.5, 0.6) is 11.5 Å². The van der Waals surface area contributed by atoms with Gasteiger partial charge < -0.3 is 9.47 Å². The van der Waals surface area contributed by atoms with Crippen LogP contribution in [0.2, 0.25) is 0 Å². The summed E-state index contributed by atoms with van der Waals surface area (Å²) in [7, 11) is -3.78. The van der Waals surface area contributed by atoms with Gasteiger partial charge >= 0.3 is 0 Å². The zero-order chi connectivity index (χ0) is 19.6. The van der Waals surface area contributed by atoms with Crippen molar-refractivity contribution in [3.05, 3.63) is 59.2 Å². The predicted molar refractivity (Wildman–Crippen MR) is 103 cm³/mol. The summed E-state index contributed by atoms with van der Waals surface area (Å²) in [5.41, 5.74) is 2.20. The maximum Gasteiger partial charge on any atom is 0.238 e. The number of carbonyl (C=O) groups is 1. The Labute approximate surface area is 158 Å². The average Bonchev–Trinajstić information content (AvgIpc) is 2.98. The molecule has 2 N–H and O–H groups in total. The number of ketones is 1. The van der Waals surface area contributed by atoms with Crippen molar-refractivity contribution in [1.82, 2.24) is 0 Å². The molecule has 27 heavy (non-hydrogen) atoms. The van der Waals surface area contributed by atoms with Gasteiger partial charge in [-0.15, -0.1) is 0 Å². The minimum Gasteiger partial charge on any atom is -0.493 e. The lowest BCUT2D eigenvalue weighted by atomic mass is 10.0. The minimum absolute atomic E-state index is 0.0356. The van der Waals surface area contributed by atoms with Crippen LogP contribution in [0.15, 0.2) is 47.4 Å². The summed E-state index contributed by atoms with van der Waals surface area (Å²) in [4.78, 5) is 12.4. The number of allylic oxidation sites excluding steroid dienone is 1. The molecule has 0 bridgehead atoms. The van der Waals surface area contributed by atoms with Crippen molar-refractivity contribution in [3.63, 3.8) is 0 Å². The van der Waals surface area contributed by atoms with Crippen molar-refractivity contribution < 1.29 is 22.7 Å². The SMILES string of the molecule is CCOc1cc2c(cc1/C=C/C(=O)c1ccc(S(N)(=O)=O)cc1)O[C@H](C)C2. The summed E-state index contributed by atoms with van der Waals surface area (Å²) >= 11 is 0. The maximum atomic E-state index is 12.4. The van der Waals surface area contributed by atoms with Crippen LogP contribution in [-0.2, 0) is 16.4 Å². The highest BCUT2D eigenvalue weighted by Crippen LogP contribution is 2.35. The van der Waals surface area contributed by atoms with Gasteiger partial charge in [-0.1, -0.05) is 0 Å². The Hall–Kier alpha value is -2.64. The second-order valence-corrected chi connectivity index (χ2v) is 7.89. The lowest BCUT2D eigenvalue weighted by Crippen LogP contribution is -2.12. The van der Waals surface area contributed by atoms with E-state index in [2.05, 4.69) is 0 Å². The molecule has 1 atom stereocenters. The molecule has 0 aliphatic carbocycles. The van der Waals surface area contributed by atoms with E-state index in [1.807, 2.05) is 26.0 Å². The Morgan fingerprint density at radius 1 is 1.30 bits per heavy atom. The molecule has 0 spiro atoms. The summed E-state index contributed by atoms with van der Waals surface area (Å²) < 4.78 is 34.0. The summed E-state index contributed by atoms with van der Waals surface area (Å²) in [6.07, 6.45) is 4.05. The van der Waals surface area contributed by atoms with Crippen molar-refractivity contribution in [3.8, 4) is 11.5 Å². The quantitative estimate of drug-likeness (QED) is 0.607. The van der Waals surface area contributed by atoms with Crippen LogP contribution in [-0.4, -0.2) is 26.9 Å². The van der Waals surface area contributed by atoms with E-state index in [4.69, 9.17) is 14.6 Å². The van der Waals surface area contributed by atoms with Crippen molar-refractivity contribution in [2.24, 2.45) is 5.14 Å². The van der Waals surface area contributed by atoms with Crippen LogP contribution >= 0.6 is 0 Å². The standard InChI is InChI=1S/C20H21NO5S/c1-3-25-19-12-16-10-13(2)26-20(16)11-15(19)6-9-18(22)14-4-7-17(8-5-14)27(21,23)24/h4-9,11-13H,3,10H2,1-2H3,(H2,21,23,24)/b9-6+/t13-/m1/s1. The number of hydrogen-bond donors (Lipinski definition) is 1. The molecule has 3 rings (SSSR count). The summed E-state index contributed by atoms with van der Waals surface area (Å²) in [5, 5.41) is 5.06. The molecule has 0 saturated carbocycles. The number of sulfonamides is 1. The van der Waals surface area contributed by atoms with Crippen molar-refractivity contribution >= 4 is 21.9 Å². The van der Waals surface area contributed by atoms with Gasteiger partial charge in [0.05, 0.1) is 11.5 Å². The maximum absolute atomic E-state index is 12.4. The first-order chi connectivity index (χ1) is 12.8. The van der Waals surface area contributed by atoms with E-state index in [0.717, 1.165) is 23.3 Å². The zero-order valence-electron chi connectivity index (χ0n) is 15.1. The molecule has 7 heteroatoms. The monoisotopic (exact) mass is 387 g/mol. The third-order valence-corrected chi connectivity index (χ3v) is 5.14. The number of primary sulfonamides is 1. The van der Waals surface area contributed by atoms with E-state index in [0.29, 0.717) is 17.9 Å². The van der Waals surface area contributed by atoms with Crippen LogP contribution in [0.1, 0.15) is 35.3 Å². The van der Waals surface area contributed by atoms with E-state index < -0.39 is 10.0 Å². The molecule has 1 aliphatic heterocycles. The predicted octanol–water partition coefficient (Wildman–Crippen LogP) is 2.95. The fourth-order valence-electron chi connectivity index (χ4n) is 2.94. The third kappa shape index (κ3) is 4.37. The highest BCUT2D eigenvalue weighted by molar-refractivity contribution is 7.89. The number of nitrogens with two attached hydrogens (primary N) is 1. The summed E-state index contributed by atoms with van der Waals surface area (Å²) in [6.45, 7) is 4.42. The highest BCUT2D eigenvalue weighted by atomic mass is 32.2. The van der Waals surface area contributed by atoms with Crippen molar-refractivity contribution in [2.45, 2.75) is 31.3 Å². The molecule has 2 aromatic carbocycles. The molecule has 6 nitrogen and oxygen atoms in total. The first-order valence-corrected chi connectivity index (χ1v) is 10.1. The van der Waals surface area contributed by atoms with E-state index in [1.54, 1.807) is 6.08 Å². The van der Waals surface area contributed by atoms with Gasteiger partial charge in [0.15, 0.2) is 5.78 Å². The molecule has 0 saturated heterocycles. The smallest absolute Gasteiger partial charge is 0.238 e. The second kappa shape index (κ2) is 7.54. The van der Waals surface area contributed by atoms with Crippen LogP contribution in [0.4, 0.5) is 0 Å². The molecular weight excluding hydrogens is 366 g/mol. The van der Waals surface area contributed by atoms with Gasteiger partial charge in [-0.3, -0.25) is 4.79 Å².